The van der Waals surface area contributed by atoms with Gasteiger partial charge in [0.1, 0.15) is 16.3 Å². The molecule has 2 heterocycles. The van der Waals surface area contributed by atoms with Gasteiger partial charge >= 0.3 is 0 Å². The molecule has 0 aliphatic rings. The molecular formula is C20H23N5S. The number of imidazole rings is 1. The molecule has 0 aliphatic heterocycles. The summed E-state index contributed by atoms with van der Waals surface area (Å²) in [7, 11) is 1.92. The molecule has 1 aromatic carbocycles. The van der Waals surface area contributed by atoms with Crippen molar-refractivity contribution >= 4 is 45.7 Å². The van der Waals surface area contributed by atoms with Gasteiger partial charge in [0, 0.05) is 32.0 Å². The SMILES string of the molecule is CCN(CC)c1ccc(/C=C(\C(N)=S)c2nc3cccnc3n2C)cc1. The lowest BCUT2D eigenvalue weighted by Gasteiger charge is -2.20. The summed E-state index contributed by atoms with van der Waals surface area (Å²) in [6.45, 7) is 6.28. The van der Waals surface area contributed by atoms with Crippen LogP contribution < -0.4 is 10.6 Å². The second-order valence-corrected chi connectivity index (χ2v) is 6.47. The molecule has 3 rings (SSSR count). The monoisotopic (exact) mass is 365 g/mol. The lowest BCUT2D eigenvalue weighted by molar-refractivity contribution is 0.866. The van der Waals surface area contributed by atoms with Crippen molar-refractivity contribution in [3.8, 4) is 0 Å². The first-order valence-electron chi connectivity index (χ1n) is 8.69. The molecule has 0 amide bonds. The third-order valence-corrected chi connectivity index (χ3v) is 4.69. The van der Waals surface area contributed by atoms with Gasteiger partial charge in [-0.25, -0.2) is 9.97 Å². The van der Waals surface area contributed by atoms with E-state index in [0.29, 0.717) is 4.99 Å². The summed E-state index contributed by atoms with van der Waals surface area (Å²) < 4.78 is 1.92. The van der Waals surface area contributed by atoms with Crippen LogP contribution in [0.3, 0.4) is 0 Å². The number of aryl methyl sites for hydroxylation is 1. The van der Waals surface area contributed by atoms with Crippen LogP contribution in [-0.4, -0.2) is 32.6 Å². The van der Waals surface area contributed by atoms with Crippen LogP contribution in [0.25, 0.3) is 22.8 Å². The van der Waals surface area contributed by atoms with E-state index in [1.165, 1.54) is 5.69 Å². The van der Waals surface area contributed by atoms with E-state index in [-0.39, 0.29) is 0 Å². The zero-order valence-corrected chi connectivity index (χ0v) is 16.1. The van der Waals surface area contributed by atoms with Crippen molar-refractivity contribution in [2.45, 2.75) is 13.8 Å². The number of fused-ring (bicyclic) bond motifs is 1. The van der Waals surface area contributed by atoms with E-state index in [1.54, 1.807) is 6.20 Å². The van der Waals surface area contributed by atoms with Crippen LogP contribution in [0.4, 0.5) is 5.69 Å². The number of thiocarbonyl (C=S) groups is 1. The Morgan fingerprint density at radius 1 is 1.19 bits per heavy atom. The van der Waals surface area contributed by atoms with Gasteiger partial charge in [-0.1, -0.05) is 24.4 Å². The summed E-state index contributed by atoms with van der Waals surface area (Å²) in [4.78, 5) is 11.7. The van der Waals surface area contributed by atoms with E-state index in [9.17, 15) is 0 Å². The summed E-state index contributed by atoms with van der Waals surface area (Å²) in [5.41, 5.74) is 10.6. The zero-order chi connectivity index (χ0) is 18.7. The lowest BCUT2D eigenvalue weighted by Crippen LogP contribution is -2.21. The highest BCUT2D eigenvalue weighted by Gasteiger charge is 2.15. The third kappa shape index (κ3) is 3.46. The molecule has 0 fully saturated rings. The summed E-state index contributed by atoms with van der Waals surface area (Å²) in [6, 6.07) is 12.2. The minimum Gasteiger partial charge on any atom is -0.389 e. The smallest absolute Gasteiger partial charge is 0.160 e. The van der Waals surface area contributed by atoms with E-state index >= 15 is 0 Å². The van der Waals surface area contributed by atoms with Crippen molar-refractivity contribution in [1.29, 1.82) is 0 Å². The van der Waals surface area contributed by atoms with Crippen molar-refractivity contribution in [3.63, 3.8) is 0 Å². The molecule has 0 radical (unpaired) electrons. The van der Waals surface area contributed by atoms with Crippen LogP contribution in [0.15, 0.2) is 42.6 Å². The largest absolute Gasteiger partial charge is 0.389 e. The normalized spacial score (nSPS) is 11.7. The number of nitrogens with two attached hydrogens (primary N) is 1. The van der Waals surface area contributed by atoms with E-state index in [4.69, 9.17) is 18.0 Å². The van der Waals surface area contributed by atoms with Crippen LogP contribution in [-0.2, 0) is 7.05 Å². The molecule has 5 nitrogen and oxygen atoms in total. The molecule has 2 N–H and O–H groups in total. The van der Waals surface area contributed by atoms with Crippen molar-refractivity contribution in [3.05, 3.63) is 54.0 Å². The summed E-state index contributed by atoms with van der Waals surface area (Å²) in [6.07, 6.45) is 3.74. The Kier molecular flexibility index (Phi) is 5.32. The first kappa shape index (κ1) is 18.1. The fraction of sp³-hybridized carbons (Fsp3) is 0.250. The van der Waals surface area contributed by atoms with E-state index < -0.39 is 0 Å². The molecule has 0 saturated carbocycles. The molecule has 0 bridgehead atoms. The first-order chi connectivity index (χ1) is 12.5. The number of benzene rings is 1. The third-order valence-electron chi connectivity index (χ3n) is 4.47. The predicted molar refractivity (Wildman–Crippen MR) is 113 cm³/mol. The molecule has 26 heavy (non-hydrogen) atoms. The van der Waals surface area contributed by atoms with Gasteiger partial charge in [-0.3, -0.25) is 0 Å². The van der Waals surface area contributed by atoms with Gasteiger partial charge in [-0.15, -0.1) is 0 Å². The van der Waals surface area contributed by atoms with Crippen LogP contribution >= 0.6 is 12.2 Å². The zero-order valence-electron chi connectivity index (χ0n) is 15.3. The van der Waals surface area contributed by atoms with Crippen LogP contribution in [0.2, 0.25) is 0 Å². The van der Waals surface area contributed by atoms with Crippen LogP contribution in [0.1, 0.15) is 25.2 Å². The van der Waals surface area contributed by atoms with Gasteiger partial charge in [0.05, 0.1) is 5.57 Å². The number of nitrogens with zero attached hydrogens (tertiary/aromatic N) is 4. The fourth-order valence-corrected chi connectivity index (χ4v) is 3.20. The average molecular weight is 366 g/mol. The van der Waals surface area contributed by atoms with Gasteiger partial charge in [0.2, 0.25) is 0 Å². The molecule has 0 saturated heterocycles. The first-order valence-corrected chi connectivity index (χ1v) is 9.10. The van der Waals surface area contributed by atoms with Gasteiger partial charge in [-0.05, 0) is 49.8 Å². The molecule has 2 aromatic heterocycles. The van der Waals surface area contributed by atoms with Crippen molar-refractivity contribution in [2.24, 2.45) is 12.8 Å². The summed E-state index contributed by atoms with van der Waals surface area (Å²) >= 11 is 5.29. The Morgan fingerprint density at radius 2 is 1.88 bits per heavy atom. The number of anilines is 1. The van der Waals surface area contributed by atoms with Gasteiger partial charge in [-0.2, -0.15) is 0 Å². The number of hydrogen-bond donors (Lipinski definition) is 1. The Morgan fingerprint density at radius 3 is 2.46 bits per heavy atom. The fourth-order valence-electron chi connectivity index (χ4n) is 3.05. The molecule has 0 atom stereocenters. The van der Waals surface area contributed by atoms with E-state index in [0.717, 1.165) is 41.2 Å². The van der Waals surface area contributed by atoms with Crippen LogP contribution in [0, 0.1) is 0 Å². The van der Waals surface area contributed by atoms with Crippen molar-refractivity contribution in [2.75, 3.05) is 18.0 Å². The number of aromatic nitrogens is 3. The second-order valence-electron chi connectivity index (χ2n) is 6.03. The highest BCUT2D eigenvalue weighted by Crippen LogP contribution is 2.23. The Bertz CT molecular complexity index is 952. The van der Waals surface area contributed by atoms with Gasteiger partial charge in [0.25, 0.3) is 0 Å². The Labute approximate surface area is 159 Å². The maximum Gasteiger partial charge on any atom is 0.160 e. The quantitative estimate of drug-likeness (QED) is 0.534. The minimum absolute atomic E-state index is 0.316. The maximum absolute atomic E-state index is 6.01. The molecule has 6 heteroatoms. The lowest BCUT2D eigenvalue weighted by atomic mass is 10.1. The maximum atomic E-state index is 6.01. The van der Waals surface area contributed by atoms with Crippen LogP contribution in [0.5, 0.6) is 0 Å². The second kappa shape index (κ2) is 7.66. The number of hydrogen-bond acceptors (Lipinski definition) is 4. The van der Waals surface area contributed by atoms with Gasteiger partial charge < -0.3 is 15.2 Å². The molecule has 0 unspecified atom stereocenters. The van der Waals surface area contributed by atoms with E-state index in [2.05, 4.69) is 53.0 Å². The molecule has 0 aliphatic carbocycles. The molecular weight excluding hydrogens is 342 g/mol. The molecule has 0 spiro atoms. The topological polar surface area (TPSA) is 60.0 Å². The average Bonchev–Trinajstić information content (AvgIpc) is 2.98. The molecule has 3 aromatic rings. The predicted octanol–water partition coefficient (Wildman–Crippen LogP) is 3.64. The van der Waals surface area contributed by atoms with E-state index in [1.807, 2.05) is 29.8 Å². The number of pyridine rings is 1. The number of rotatable bonds is 6. The minimum atomic E-state index is 0.316. The highest BCUT2D eigenvalue weighted by atomic mass is 32.1. The Balaban J connectivity index is 2.02. The van der Waals surface area contributed by atoms with Crippen molar-refractivity contribution < 1.29 is 0 Å². The molecule has 134 valence electrons. The summed E-state index contributed by atoms with van der Waals surface area (Å²) in [5, 5.41) is 0. The van der Waals surface area contributed by atoms with Crippen molar-refractivity contribution in [1.82, 2.24) is 14.5 Å². The van der Waals surface area contributed by atoms with Gasteiger partial charge in [0.15, 0.2) is 5.65 Å². The Hall–Kier alpha value is -2.73. The highest BCUT2D eigenvalue weighted by molar-refractivity contribution is 7.81. The summed E-state index contributed by atoms with van der Waals surface area (Å²) in [5.74, 6) is 0.721. The standard InChI is InChI=1S/C20H23N5S/c1-4-25(5-2)15-10-8-14(9-11-15)13-16(18(21)26)19-23-17-7-6-12-22-20(17)24(19)3/h6-13H,4-5H2,1-3H3,(H2,21,26)/b16-13+.